The lowest BCUT2D eigenvalue weighted by molar-refractivity contribution is 0.145. The van der Waals surface area contributed by atoms with E-state index in [-0.39, 0.29) is 12.4 Å². The predicted octanol–water partition coefficient (Wildman–Crippen LogP) is 2.25. The third kappa shape index (κ3) is 4.24. The smallest absolute Gasteiger partial charge is 0.233 e. The maximum Gasteiger partial charge on any atom is 0.233 e. The van der Waals surface area contributed by atoms with Crippen LogP contribution in [-0.2, 0) is 6.61 Å². The first-order chi connectivity index (χ1) is 15.2. The Bertz CT molecular complexity index is 1020. The summed E-state index contributed by atoms with van der Waals surface area (Å²) >= 11 is 0. The van der Waals surface area contributed by atoms with E-state index >= 15 is 0 Å². The Kier molecular flexibility index (Phi) is 5.52. The topological polar surface area (TPSA) is 79.6 Å². The molecule has 1 atom stereocenters. The number of fused-ring (bicyclic) bond motifs is 1. The molecule has 5 rings (SSSR count). The molecule has 2 aliphatic heterocycles. The fourth-order valence-electron chi connectivity index (χ4n) is 4.18. The molecule has 1 aromatic carbocycles. The molecule has 0 spiro atoms. The molecule has 1 N–H and O–H groups in total. The van der Waals surface area contributed by atoms with Gasteiger partial charge < -0.3 is 19.5 Å². The van der Waals surface area contributed by atoms with E-state index in [0.29, 0.717) is 23.4 Å². The molecule has 4 heterocycles. The zero-order valence-corrected chi connectivity index (χ0v) is 17.4. The predicted molar refractivity (Wildman–Crippen MR) is 113 cm³/mol. The minimum absolute atomic E-state index is 0.239. The molecule has 1 unspecified atom stereocenters. The summed E-state index contributed by atoms with van der Waals surface area (Å²) in [5.41, 5.74) is 2.22. The summed E-state index contributed by atoms with van der Waals surface area (Å²) < 4.78 is 24.4. The Balaban J connectivity index is 1.24. The van der Waals surface area contributed by atoms with Crippen molar-refractivity contribution < 1.29 is 13.7 Å². The summed E-state index contributed by atoms with van der Waals surface area (Å²) in [7, 11) is 0. The molecule has 0 aliphatic carbocycles. The zero-order valence-electron chi connectivity index (χ0n) is 17.4. The highest BCUT2D eigenvalue weighted by Crippen LogP contribution is 2.27. The Morgan fingerprint density at radius 2 is 2.00 bits per heavy atom. The fraction of sp³-hybridized carbons (Fsp3) is 0.409. The van der Waals surface area contributed by atoms with E-state index in [0.717, 1.165) is 56.2 Å². The van der Waals surface area contributed by atoms with Crippen LogP contribution in [0.4, 0.5) is 10.2 Å². The zero-order chi connectivity index (χ0) is 21.2. The molecule has 2 fully saturated rings. The molecule has 162 valence electrons. The lowest BCUT2D eigenvalue weighted by atomic mass is 10.1. The Morgan fingerprint density at radius 1 is 1.13 bits per heavy atom. The Hall–Kier alpha value is -3.04. The van der Waals surface area contributed by atoms with Gasteiger partial charge in [0.15, 0.2) is 5.82 Å². The summed E-state index contributed by atoms with van der Waals surface area (Å²) in [6.45, 7) is 8.20. The number of hydrogen-bond donors (Lipinski definition) is 1. The number of ether oxygens (including phenoxy) is 1. The van der Waals surface area contributed by atoms with Crippen molar-refractivity contribution in [3.05, 3.63) is 53.5 Å². The van der Waals surface area contributed by atoms with Crippen LogP contribution in [0.15, 0.2) is 40.9 Å². The number of nitrogens with zero attached hydrogens (tertiary/aromatic N) is 5. The number of rotatable bonds is 5. The van der Waals surface area contributed by atoms with Crippen LogP contribution in [-0.4, -0.2) is 65.6 Å². The van der Waals surface area contributed by atoms with Crippen molar-refractivity contribution in [1.82, 2.24) is 25.6 Å². The molecule has 2 saturated heterocycles. The number of aryl methyl sites for hydroxylation is 1. The second kappa shape index (κ2) is 8.60. The molecule has 9 heteroatoms. The first-order valence-electron chi connectivity index (χ1n) is 10.5. The normalized spacial score (nSPS) is 19.3. The average molecular weight is 424 g/mol. The SMILES string of the molecule is Cc1onc(-c2ccc(F)cc2)c1COc1ccc(N2CCN3CCNCC3C2)nn1. The van der Waals surface area contributed by atoms with Crippen molar-refractivity contribution in [3.8, 4) is 17.1 Å². The van der Waals surface area contributed by atoms with E-state index in [1.54, 1.807) is 12.1 Å². The molecule has 8 nitrogen and oxygen atoms in total. The van der Waals surface area contributed by atoms with Gasteiger partial charge in [0.2, 0.25) is 5.88 Å². The van der Waals surface area contributed by atoms with Crippen LogP contribution in [0.3, 0.4) is 0 Å². The number of nitrogens with one attached hydrogen (secondary N) is 1. The van der Waals surface area contributed by atoms with E-state index in [1.807, 2.05) is 19.1 Å². The molecule has 31 heavy (non-hydrogen) atoms. The van der Waals surface area contributed by atoms with Gasteiger partial charge in [-0.15, -0.1) is 10.2 Å². The summed E-state index contributed by atoms with van der Waals surface area (Å²) in [6, 6.07) is 10.5. The lowest BCUT2D eigenvalue weighted by Crippen LogP contribution is -2.61. The highest BCUT2D eigenvalue weighted by atomic mass is 19.1. The molecule has 2 aromatic heterocycles. The van der Waals surface area contributed by atoms with Crippen LogP contribution in [0.5, 0.6) is 5.88 Å². The van der Waals surface area contributed by atoms with Crippen LogP contribution in [0.2, 0.25) is 0 Å². The highest BCUT2D eigenvalue weighted by Gasteiger charge is 2.29. The van der Waals surface area contributed by atoms with E-state index in [4.69, 9.17) is 9.26 Å². The average Bonchev–Trinajstić information content (AvgIpc) is 3.18. The van der Waals surface area contributed by atoms with Crippen molar-refractivity contribution in [2.45, 2.75) is 19.6 Å². The summed E-state index contributed by atoms with van der Waals surface area (Å²) in [4.78, 5) is 4.82. The minimum atomic E-state index is -0.293. The summed E-state index contributed by atoms with van der Waals surface area (Å²) in [6.07, 6.45) is 0. The maximum absolute atomic E-state index is 13.2. The van der Waals surface area contributed by atoms with Gasteiger partial charge >= 0.3 is 0 Å². The van der Waals surface area contributed by atoms with Crippen molar-refractivity contribution >= 4 is 5.82 Å². The van der Waals surface area contributed by atoms with Gasteiger partial charge in [0.1, 0.15) is 23.9 Å². The van der Waals surface area contributed by atoms with Gasteiger partial charge in [-0.3, -0.25) is 4.90 Å². The van der Waals surface area contributed by atoms with Gasteiger partial charge in [0.25, 0.3) is 0 Å². The molecular formula is C22H25FN6O2. The third-order valence-corrected chi connectivity index (χ3v) is 5.98. The van der Waals surface area contributed by atoms with E-state index in [1.165, 1.54) is 12.1 Å². The molecule has 0 radical (unpaired) electrons. The monoisotopic (exact) mass is 424 g/mol. The van der Waals surface area contributed by atoms with Gasteiger partial charge in [-0.2, -0.15) is 0 Å². The van der Waals surface area contributed by atoms with Crippen LogP contribution in [0.25, 0.3) is 11.3 Å². The van der Waals surface area contributed by atoms with Gasteiger partial charge in [-0.25, -0.2) is 4.39 Å². The number of hydrogen-bond acceptors (Lipinski definition) is 8. The highest BCUT2D eigenvalue weighted by molar-refractivity contribution is 5.63. The van der Waals surface area contributed by atoms with Crippen molar-refractivity contribution in [3.63, 3.8) is 0 Å². The maximum atomic E-state index is 13.2. The summed E-state index contributed by atoms with van der Waals surface area (Å²) in [5, 5.41) is 16.2. The van der Waals surface area contributed by atoms with E-state index in [9.17, 15) is 4.39 Å². The van der Waals surface area contributed by atoms with Crippen molar-refractivity contribution in [1.29, 1.82) is 0 Å². The van der Waals surface area contributed by atoms with Crippen molar-refractivity contribution in [2.24, 2.45) is 0 Å². The minimum Gasteiger partial charge on any atom is -0.472 e. The number of benzene rings is 1. The number of halogens is 1. The van der Waals surface area contributed by atoms with E-state index < -0.39 is 0 Å². The molecule has 3 aromatic rings. The van der Waals surface area contributed by atoms with Crippen LogP contribution >= 0.6 is 0 Å². The molecule has 0 bridgehead atoms. The number of aromatic nitrogens is 3. The van der Waals surface area contributed by atoms with Crippen LogP contribution < -0.4 is 15.0 Å². The van der Waals surface area contributed by atoms with Gasteiger partial charge in [-0.1, -0.05) is 5.16 Å². The van der Waals surface area contributed by atoms with Crippen LogP contribution in [0.1, 0.15) is 11.3 Å². The van der Waals surface area contributed by atoms with Gasteiger partial charge in [0, 0.05) is 56.9 Å². The van der Waals surface area contributed by atoms with Gasteiger partial charge in [0.05, 0.1) is 5.56 Å². The number of anilines is 1. The van der Waals surface area contributed by atoms with Crippen molar-refractivity contribution in [2.75, 3.05) is 44.2 Å². The molecule has 0 saturated carbocycles. The fourth-order valence-corrected chi connectivity index (χ4v) is 4.18. The standard InChI is InChI=1S/C22H25FN6O2/c1-15-19(22(27-31-15)16-2-4-17(23)5-3-16)14-30-21-7-6-20(25-26-21)29-11-10-28-9-8-24-12-18(28)13-29/h2-7,18,24H,8-14H2,1H3. The summed E-state index contributed by atoms with van der Waals surface area (Å²) in [5.74, 6) is 1.67. The van der Waals surface area contributed by atoms with Gasteiger partial charge in [-0.05, 0) is 37.3 Å². The molecule has 0 amide bonds. The largest absolute Gasteiger partial charge is 0.472 e. The Labute approximate surface area is 180 Å². The molecule has 2 aliphatic rings. The van der Waals surface area contributed by atoms with Crippen LogP contribution in [0, 0.1) is 12.7 Å². The Morgan fingerprint density at radius 3 is 2.81 bits per heavy atom. The third-order valence-electron chi connectivity index (χ3n) is 5.98. The quantitative estimate of drug-likeness (QED) is 0.668. The first-order valence-corrected chi connectivity index (χ1v) is 10.5. The van der Waals surface area contributed by atoms with E-state index in [2.05, 4.69) is 30.5 Å². The second-order valence-corrected chi connectivity index (χ2v) is 7.93. The second-order valence-electron chi connectivity index (χ2n) is 7.93. The first kappa shape index (κ1) is 19.9. The molecular weight excluding hydrogens is 399 g/mol. The number of piperazine rings is 2. The lowest BCUT2D eigenvalue weighted by Gasteiger charge is -2.44.